The molecule has 0 saturated heterocycles. The SMILES string of the molecule is CC(C)N(C)C(=O)CSCCC(NC=O)C(=O)O. The number of nitrogens with zero attached hydrogens (tertiary/aromatic N) is 1. The summed E-state index contributed by atoms with van der Waals surface area (Å²) in [6, 6.07) is -0.727. The number of thioether (sulfide) groups is 1. The normalized spacial score (nSPS) is 12.0. The van der Waals surface area contributed by atoms with Gasteiger partial charge in [0, 0.05) is 13.1 Å². The zero-order valence-corrected chi connectivity index (χ0v) is 11.7. The molecule has 2 amide bonds. The van der Waals surface area contributed by atoms with E-state index < -0.39 is 12.0 Å². The van der Waals surface area contributed by atoms with Gasteiger partial charge in [0.25, 0.3) is 0 Å². The summed E-state index contributed by atoms with van der Waals surface area (Å²) in [4.78, 5) is 34.1. The van der Waals surface area contributed by atoms with Gasteiger partial charge in [-0.1, -0.05) is 0 Å². The van der Waals surface area contributed by atoms with E-state index in [0.29, 0.717) is 24.3 Å². The number of amides is 2. The third-order valence-electron chi connectivity index (χ3n) is 2.51. The van der Waals surface area contributed by atoms with Crippen molar-refractivity contribution < 1.29 is 19.5 Å². The molecule has 1 unspecified atom stereocenters. The Morgan fingerprint density at radius 3 is 2.50 bits per heavy atom. The summed E-state index contributed by atoms with van der Waals surface area (Å²) in [6.45, 7) is 3.86. The molecule has 0 heterocycles. The van der Waals surface area contributed by atoms with Crippen LogP contribution < -0.4 is 5.32 Å². The minimum absolute atomic E-state index is 0.0187. The Hall–Kier alpha value is -1.24. The first kappa shape index (κ1) is 16.8. The van der Waals surface area contributed by atoms with Gasteiger partial charge >= 0.3 is 5.97 Å². The standard InChI is InChI=1S/C11H20N2O4S/c1-8(2)13(3)10(15)6-18-5-4-9(11(16)17)12-7-14/h7-9H,4-6H2,1-3H3,(H,12,14)(H,16,17). The van der Waals surface area contributed by atoms with Crippen LogP contribution in [0.15, 0.2) is 0 Å². The molecular weight excluding hydrogens is 256 g/mol. The molecule has 0 fully saturated rings. The van der Waals surface area contributed by atoms with E-state index in [0.717, 1.165) is 0 Å². The molecule has 0 spiro atoms. The molecule has 0 aliphatic heterocycles. The summed E-state index contributed by atoms with van der Waals surface area (Å²) in [6.07, 6.45) is 0.679. The molecule has 0 radical (unpaired) electrons. The van der Waals surface area contributed by atoms with Crippen LogP contribution >= 0.6 is 11.8 Å². The van der Waals surface area contributed by atoms with Crippen LogP contribution in [-0.4, -0.2) is 58.9 Å². The molecule has 104 valence electrons. The van der Waals surface area contributed by atoms with Crippen LogP contribution in [-0.2, 0) is 14.4 Å². The highest BCUT2D eigenvalue weighted by atomic mass is 32.2. The first-order valence-corrected chi connectivity index (χ1v) is 6.81. The maximum Gasteiger partial charge on any atom is 0.326 e. The molecular formula is C11H20N2O4S. The van der Waals surface area contributed by atoms with Crippen molar-refractivity contribution in [1.82, 2.24) is 10.2 Å². The molecule has 0 aromatic heterocycles. The van der Waals surface area contributed by atoms with E-state index in [-0.39, 0.29) is 11.9 Å². The van der Waals surface area contributed by atoms with Gasteiger partial charge in [-0.05, 0) is 26.0 Å². The second-order valence-corrected chi connectivity index (χ2v) is 5.22. The smallest absolute Gasteiger partial charge is 0.326 e. The van der Waals surface area contributed by atoms with E-state index in [2.05, 4.69) is 5.32 Å². The minimum atomic E-state index is -1.06. The van der Waals surface area contributed by atoms with Crippen molar-refractivity contribution in [3.05, 3.63) is 0 Å². The topological polar surface area (TPSA) is 86.7 Å². The van der Waals surface area contributed by atoms with Gasteiger partial charge in [-0.3, -0.25) is 9.59 Å². The summed E-state index contributed by atoms with van der Waals surface area (Å²) in [5.74, 6) is -0.212. The van der Waals surface area contributed by atoms with Crippen molar-refractivity contribution in [1.29, 1.82) is 0 Å². The van der Waals surface area contributed by atoms with Crippen molar-refractivity contribution in [2.24, 2.45) is 0 Å². The highest BCUT2D eigenvalue weighted by molar-refractivity contribution is 7.99. The van der Waals surface area contributed by atoms with E-state index in [1.54, 1.807) is 11.9 Å². The number of carboxylic acid groups (broad SMARTS) is 1. The highest BCUT2D eigenvalue weighted by Gasteiger charge is 2.16. The Balaban J connectivity index is 3.87. The lowest BCUT2D eigenvalue weighted by molar-refractivity contribution is -0.140. The van der Waals surface area contributed by atoms with Crippen LogP contribution in [0.3, 0.4) is 0 Å². The summed E-state index contributed by atoms with van der Waals surface area (Å²) >= 11 is 1.37. The number of aliphatic carboxylic acids is 1. The van der Waals surface area contributed by atoms with Crippen molar-refractivity contribution in [3.8, 4) is 0 Å². The zero-order chi connectivity index (χ0) is 14.1. The molecule has 1 atom stereocenters. The Kier molecular flexibility index (Phi) is 8.19. The van der Waals surface area contributed by atoms with Gasteiger partial charge in [0.1, 0.15) is 6.04 Å². The Morgan fingerprint density at radius 1 is 1.44 bits per heavy atom. The van der Waals surface area contributed by atoms with Crippen LogP contribution in [0, 0.1) is 0 Å². The van der Waals surface area contributed by atoms with E-state index in [9.17, 15) is 14.4 Å². The maximum absolute atomic E-state index is 11.6. The van der Waals surface area contributed by atoms with Crippen LogP contribution in [0.1, 0.15) is 20.3 Å². The monoisotopic (exact) mass is 276 g/mol. The molecule has 18 heavy (non-hydrogen) atoms. The van der Waals surface area contributed by atoms with Crippen LogP contribution in [0.4, 0.5) is 0 Å². The first-order valence-electron chi connectivity index (χ1n) is 5.66. The molecule has 0 aromatic carbocycles. The molecule has 0 aliphatic rings. The summed E-state index contributed by atoms with van der Waals surface area (Å²) in [7, 11) is 1.74. The third-order valence-corrected chi connectivity index (χ3v) is 3.49. The lowest BCUT2D eigenvalue weighted by Gasteiger charge is -2.21. The van der Waals surface area contributed by atoms with E-state index >= 15 is 0 Å². The molecule has 0 rings (SSSR count). The van der Waals surface area contributed by atoms with Gasteiger partial charge in [-0.15, -0.1) is 0 Å². The largest absolute Gasteiger partial charge is 0.480 e. The summed E-state index contributed by atoms with van der Waals surface area (Å²) in [5, 5.41) is 11.0. The zero-order valence-electron chi connectivity index (χ0n) is 10.9. The van der Waals surface area contributed by atoms with Gasteiger partial charge in [-0.2, -0.15) is 11.8 Å². The summed E-state index contributed by atoms with van der Waals surface area (Å²) < 4.78 is 0. The van der Waals surface area contributed by atoms with Gasteiger partial charge < -0.3 is 15.3 Å². The van der Waals surface area contributed by atoms with Gasteiger partial charge in [0.2, 0.25) is 12.3 Å². The quantitative estimate of drug-likeness (QED) is 0.463. The summed E-state index contributed by atoms with van der Waals surface area (Å²) in [5.41, 5.74) is 0. The van der Waals surface area contributed by atoms with Crippen molar-refractivity contribution in [3.63, 3.8) is 0 Å². The van der Waals surface area contributed by atoms with Crippen molar-refractivity contribution in [2.75, 3.05) is 18.6 Å². The number of carbonyl (C=O) groups excluding carboxylic acids is 2. The third kappa shape index (κ3) is 6.48. The number of nitrogens with one attached hydrogen (secondary N) is 1. The second kappa shape index (κ2) is 8.79. The minimum Gasteiger partial charge on any atom is -0.480 e. The second-order valence-electron chi connectivity index (χ2n) is 4.11. The van der Waals surface area contributed by atoms with Gasteiger partial charge in [-0.25, -0.2) is 4.79 Å². The van der Waals surface area contributed by atoms with E-state index in [4.69, 9.17) is 5.11 Å². The molecule has 0 bridgehead atoms. The first-order chi connectivity index (χ1) is 8.40. The molecule has 7 heteroatoms. The van der Waals surface area contributed by atoms with Crippen LogP contribution in [0.2, 0.25) is 0 Å². The predicted molar refractivity (Wildman–Crippen MR) is 70.5 cm³/mol. The molecule has 0 aromatic rings. The predicted octanol–water partition coefficient (Wildman–Crippen LogP) is 0.176. The fourth-order valence-corrected chi connectivity index (χ4v) is 2.04. The molecule has 0 aliphatic carbocycles. The average molecular weight is 276 g/mol. The van der Waals surface area contributed by atoms with Crippen LogP contribution in [0.25, 0.3) is 0 Å². The maximum atomic E-state index is 11.6. The fourth-order valence-electron chi connectivity index (χ4n) is 1.11. The fraction of sp³-hybridized carbons (Fsp3) is 0.727. The van der Waals surface area contributed by atoms with Crippen LogP contribution in [0.5, 0.6) is 0 Å². The molecule has 6 nitrogen and oxygen atoms in total. The average Bonchev–Trinajstić information content (AvgIpc) is 2.31. The van der Waals surface area contributed by atoms with E-state index in [1.165, 1.54) is 11.8 Å². The van der Waals surface area contributed by atoms with Gasteiger partial charge in [0.05, 0.1) is 5.75 Å². The number of carbonyl (C=O) groups is 3. The number of carboxylic acids is 1. The Morgan fingerprint density at radius 2 is 2.06 bits per heavy atom. The lowest BCUT2D eigenvalue weighted by atomic mass is 10.2. The lowest BCUT2D eigenvalue weighted by Crippen LogP contribution is -2.36. The number of rotatable bonds is 9. The highest BCUT2D eigenvalue weighted by Crippen LogP contribution is 2.07. The van der Waals surface area contributed by atoms with Crippen molar-refractivity contribution >= 4 is 30.0 Å². The Labute approximate surface area is 111 Å². The molecule has 0 saturated carbocycles. The van der Waals surface area contributed by atoms with Gasteiger partial charge in [0.15, 0.2) is 0 Å². The molecule has 2 N–H and O–H groups in total. The number of hydrogen-bond donors (Lipinski definition) is 2. The van der Waals surface area contributed by atoms with E-state index in [1.807, 2.05) is 13.8 Å². The Bertz CT molecular complexity index is 297. The van der Waals surface area contributed by atoms with Crippen molar-refractivity contribution in [2.45, 2.75) is 32.4 Å². The number of hydrogen-bond acceptors (Lipinski definition) is 4.